The molecule has 4 heteroatoms. The predicted molar refractivity (Wildman–Crippen MR) is 114 cm³/mol. The van der Waals surface area contributed by atoms with Crippen LogP contribution < -0.4 is 5.56 Å². The second-order valence-electron chi connectivity index (χ2n) is 6.97. The van der Waals surface area contributed by atoms with Gasteiger partial charge in [0.1, 0.15) is 5.82 Å². The molecule has 2 N–H and O–H groups in total. The Kier molecular flexibility index (Phi) is 3.83. The molecule has 0 radical (unpaired) electrons. The van der Waals surface area contributed by atoms with Crippen LogP contribution in [0.15, 0.2) is 77.6 Å². The van der Waals surface area contributed by atoms with E-state index in [-0.39, 0.29) is 5.56 Å². The minimum absolute atomic E-state index is 0.147. The number of pyridine rings is 1. The molecule has 0 saturated heterocycles. The highest BCUT2D eigenvalue weighted by atomic mass is 16.1. The highest BCUT2D eigenvalue weighted by Crippen LogP contribution is 2.26. The number of nitrogens with zero attached hydrogens (tertiary/aromatic N) is 1. The van der Waals surface area contributed by atoms with E-state index in [2.05, 4.69) is 52.2 Å². The zero-order valence-electron chi connectivity index (χ0n) is 15.5. The Morgan fingerprint density at radius 3 is 2.39 bits per heavy atom. The van der Waals surface area contributed by atoms with E-state index >= 15 is 0 Å². The molecule has 5 aromatic rings. The number of aromatic nitrogens is 3. The van der Waals surface area contributed by atoms with Crippen molar-refractivity contribution in [3.63, 3.8) is 0 Å². The van der Waals surface area contributed by atoms with Crippen molar-refractivity contribution in [2.45, 2.75) is 13.3 Å². The highest BCUT2D eigenvalue weighted by molar-refractivity contribution is 5.88. The van der Waals surface area contributed by atoms with Crippen molar-refractivity contribution in [3.8, 4) is 22.5 Å². The molecule has 2 heterocycles. The predicted octanol–water partition coefficient (Wildman–Crippen LogP) is 5.30. The smallest absolute Gasteiger partial charge is 0.259 e. The topological polar surface area (TPSA) is 61.5 Å². The lowest BCUT2D eigenvalue weighted by Gasteiger charge is -2.06. The molecule has 28 heavy (non-hydrogen) atoms. The van der Waals surface area contributed by atoms with Crippen LogP contribution in [0.1, 0.15) is 12.5 Å². The van der Waals surface area contributed by atoms with E-state index in [1.165, 1.54) is 5.56 Å². The largest absolute Gasteiger partial charge is 0.338 e. The number of hydrogen-bond donors (Lipinski definition) is 2. The van der Waals surface area contributed by atoms with Gasteiger partial charge in [0.25, 0.3) is 5.56 Å². The summed E-state index contributed by atoms with van der Waals surface area (Å²) in [7, 11) is 0. The summed E-state index contributed by atoms with van der Waals surface area (Å²) < 4.78 is 0. The third-order valence-electron chi connectivity index (χ3n) is 5.18. The number of aryl methyl sites for hydroxylation is 1. The molecule has 136 valence electrons. The minimum atomic E-state index is -0.147. The average Bonchev–Trinajstić information content (AvgIpc) is 3.17. The summed E-state index contributed by atoms with van der Waals surface area (Å²) in [6.07, 6.45) is 1.03. The molecule has 4 nitrogen and oxygen atoms in total. The Morgan fingerprint density at radius 2 is 1.61 bits per heavy atom. The molecule has 5 rings (SSSR count). The summed E-state index contributed by atoms with van der Waals surface area (Å²) in [6, 6.07) is 24.4. The molecule has 0 bridgehead atoms. The van der Waals surface area contributed by atoms with Crippen LogP contribution in [-0.2, 0) is 6.42 Å². The minimum Gasteiger partial charge on any atom is -0.338 e. The molecule has 0 fully saturated rings. The van der Waals surface area contributed by atoms with Gasteiger partial charge in [0, 0.05) is 5.52 Å². The number of rotatable bonds is 3. The fourth-order valence-corrected chi connectivity index (χ4v) is 3.58. The van der Waals surface area contributed by atoms with E-state index in [1.807, 2.05) is 42.5 Å². The van der Waals surface area contributed by atoms with Gasteiger partial charge in [-0.15, -0.1) is 0 Å². The van der Waals surface area contributed by atoms with Gasteiger partial charge in [-0.3, -0.25) is 4.79 Å². The molecular formula is C24H19N3O. The summed E-state index contributed by atoms with van der Waals surface area (Å²) in [5.41, 5.74) is 6.59. The zero-order chi connectivity index (χ0) is 19.1. The Labute approximate surface area is 161 Å². The first-order valence-corrected chi connectivity index (χ1v) is 9.43. The third-order valence-corrected chi connectivity index (χ3v) is 5.18. The lowest BCUT2D eigenvalue weighted by molar-refractivity contribution is 1.14. The first kappa shape index (κ1) is 16.5. The summed E-state index contributed by atoms with van der Waals surface area (Å²) >= 11 is 0. The summed E-state index contributed by atoms with van der Waals surface area (Å²) in [6.45, 7) is 2.15. The molecule has 2 aromatic heterocycles. The Bertz CT molecular complexity index is 1330. The van der Waals surface area contributed by atoms with Gasteiger partial charge in [-0.2, -0.15) is 0 Å². The fraction of sp³-hybridized carbons (Fsp3) is 0.0833. The molecule has 0 aliphatic carbocycles. The molecule has 0 unspecified atom stereocenters. The standard InChI is InChI=1S/C24H19N3O/c1-2-15-7-9-16(10-8-15)17-11-12-20-18(13-17)14-19(24(28)27-20)23-25-21-5-3-4-6-22(21)26-23/h3-14H,2H2,1H3,(H,25,26)(H,27,28). The normalized spacial score (nSPS) is 11.3. The number of hydrogen-bond acceptors (Lipinski definition) is 2. The van der Waals surface area contributed by atoms with E-state index in [4.69, 9.17) is 0 Å². The van der Waals surface area contributed by atoms with Crippen LogP contribution in [0.5, 0.6) is 0 Å². The fourth-order valence-electron chi connectivity index (χ4n) is 3.58. The molecule has 0 saturated carbocycles. The third kappa shape index (κ3) is 2.79. The molecular weight excluding hydrogens is 346 g/mol. The quantitative estimate of drug-likeness (QED) is 0.456. The summed E-state index contributed by atoms with van der Waals surface area (Å²) in [5.74, 6) is 0.585. The van der Waals surface area contributed by atoms with Crippen LogP contribution in [0.4, 0.5) is 0 Å². The zero-order valence-corrected chi connectivity index (χ0v) is 15.5. The molecule has 0 aliphatic rings. The molecule has 0 atom stereocenters. The SMILES string of the molecule is CCc1ccc(-c2ccc3[nH]c(=O)c(-c4nc5ccccc5[nH]4)cc3c2)cc1. The maximum atomic E-state index is 12.6. The van der Waals surface area contributed by atoms with Gasteiger partial charge >= 0.3 is 0 Å². The Balaban J connectivity index is 1.64. The Hall–Kier alpha value is -3.66. The van der Waals surface area contributed by atoms with Crippen LogP contribution in [0.25, 0.3) is 44.5 Å². The van der Waals surface area contributed by atoms with E-state index < -0.39 is 0 Å². The van der Waals surface area contributed by atoms with Crippen molar-refractivity contribution in [1.29, 1.82) is 0 Å². The number of aromatic amines is 2. The van der Waals surface area contributed by atoms with Crippen LogP contribution in [0.2, 0.25) is 0 Å². The lowest BCUT2D eigenvalue weighted by Crippen LogP contribution is -2.09. The van der Waals surface area contributed by atoms with E-state index in [0.717, 1.165) is 39.5 Å². The van der Waals surface area contributed by atoms with Crippen molar-refractivity contribution >= 4 is 21.9 Å². The van der Waals surface area contributed by atoms with Crippen LogP contribution in [-0.4, -0.2) is 15.0 Å². The number of benzene rings is 3. The second-order valence-corrected chi connectivity index (χ2v) is 6.97. The van der Waals surface area contributed by atoms with Crippen molar-refractivity contribution in [2.75, 3.05) is 0 Å². The summed E-state index contributed by atoms with van der Waals surface area (Å²) in [4.78, 5) is 23.4. The van der Waals surface area contributed by atoms with Crippen molar-refractivity contribution in [2.24, 2.45) is 0 Å². The highest BCUT2D eigenvalue weighted by Gasteiger charge is 2.11. The van der Waals surface area contributed by atoms with Gasteiger partial charge in [0.15, 0.2) is 0 Å². The van der Waals surface area contributed by atoms with E-state index in [1.54, 1.807) is 0 Å². The van der Waals surface area contributed by atoms with Gasteiger partial charge in [-0.25, -0.2) is 4.98 Å². The first-order valence-electron chi connectivity index (χ1n) is 9.43. The number of fused-ring (bicyclic) bond motifs is 2. The average molecular weight is 365 g/mol. The number of H-pyrrole nitrogens is 2. The van der Waals surface area contributed by atoms with Crippen molar-refractivity contribution in [3.05, 3.63) is 88.7 Å². The van der Waals surface area contributed by atoms with Crippen LogP contribution in [0, 0.1) is 0 Å². The Morgan fingerprint density at radius 1 is 0.821 bits per heavy atom. The van der Waals surface area contributed by atoms with E-state index in [9.17, 15) is 4.79 Å². The lowest BCUT2D eigenvalue weighted by atomic mass is 10.0. The summed E-state index contributed by atoms with van der Waals surface area (Å²) in [5, 5.41) is 0.979. The maximum absolute atomic E-state index is 12.6. The molecule has 0 amide bonds. The maximum Gasteiger partial charge on any atom is 0.259 e. The molecule has 0 aliphatic heterocycles. The van der Waals surface area contributed by atoms with Gasteiger partial charge in [0.05, 0.1) is 16.6 Å². The van der Waals surface area contributed by atoms with Crippen molar-refractivity contribution in [1.82, 2.24) is 15.0 Å². The van der Waals surface area contributed by atoms with Crippen molar-refractivity contribution < 1.29 is 0 Å². The van der Waals surface area contributed by atoms with Gasteiger partial charge in [-0.1, -0.05) is 49.4 Å². The van der Waals surface area contributed by atoms with Crippen LogP contribution >= 0.6 is 0 Å². The number of para-hydroxylation sites is 2. The molecule has 3 aromatic carbocycles. The van der Waals surface area contributed by atoms with E-state index in [0.29, 0.717) is 11.4 Å². The van der Waals surface area contributed by atoms with Crippen LogP contribution in [0.3, 0.4) is 0 Å². The second kappa shape index (κ2) is 6.50. The molecule has 0 spiro atoms. The first-order chi connectivity index (χ1) is 13.7. The number of imidazole rings is 1. The van der Waals surface area contributed by atoms with Gasteiger partial charge in [-0.05, 0) is 58.8 Å². The monoisotopic (exact) mass is 365 g/mol. The van der Waals surface area contributed by atoms with Gasteiger partial charge in [0.2, 0.25) is 0 Å². The van der Waals surface area contributed by atoms with Gasteiger partial charge < -0.3 is 9.97 Å². The number of nitrogens with one attached hydrogen (secondary N) is 2.